The summed E-state index contributed by atoms with van der Waals surface area (Å²) in [6.45, 7) is 3.08. The zero-order valence-electron chi connectivity index (χ0n) is 15.9. The van der Waals surface area contributed by atoms with Gasteiger partial charge < -0.3 is 14.5 Å². The van der Waals surface area contributed by atoms with Crippen LogP contribution in [0, 0.1) is 5.92 Å². The number of piperazine rings is 1. The molecule has 0 N–H and O–H groups in total. The minimum absolute atomic E-state index is 0.141. The molecule has 2 amide bonds. The molecule has 1 aliphatic carbocycles. The predicted octanol–water partition coefficient (Wildman–Crippen LogP) is 3.75. The molecular weight excluding hydrogens is 364 g/mol. The molecule has 0 unspecified atom stereocenters. The van der Waals surface area contributed by atoms with Crippen molar-refractivity contribution in [1.82, 2.24) is 9.80 Å². The van der Waals surface area contributed by atoms with E-state index in [1.807, 2.05) is 28.0 Å². The van der Waals surface area contributed by atoms with Crippen molar-refractivity contribution < 1.29 is 14.3 Å². The van der Waals surface area contributed by atoms with Crippen molar-refractivity contribution in [2.45, 2.75) is 44.9 Å². The van der Waals surface area contributed by atoms with Gasteiger partial charge in [-0.2, -0.15) is 0 Å². The summed E-state index contributed by atoms with van der Waals surface area (Å²) in [4.78, 5) is 28.8. The second-order valence-corrected chi connectivity index (χ2v) is 7.83. The van der Waals surface area contributed by atoms with E-state index in [1.54, 1.807) is 6.07 Å². The van der Waals surface area contributed by atoms with Crippen molar-refractivity contribution >= 4 is 23.4 Å². The van der Waals surface area contributed by atoms with Crippen LogP contribution in [0.3, 0.4) is 0 Å². The molecule has 1 heterocycles. The van der Waals surface area contributed by atoms with E-state index >= 15 is 0 Å². The highest BCUT2D eigenvalue weighted by Crippen LogP contribution is 2.26. The fraction of sp³-hybridized carbons (Fsp3) is 0.619. The minimum atomic E-state index is 0.141. The lowest BCUT2D eigenvalue weighted by Crippen LogP contribution is -2.52. The Morgan fingerprint density at radius 3 is 2.37 bits per heavy atom. The van der Waals surface area contributed by atoms with Crippen LogP contribution in [0.15, 0.2) is 24.3 Å². The summed E-state index contributed by atoms with van der Waals surface area (Å²) in [6, 6.07) is 7.35. The summed E-state index contributed by atoms with van der Waals surface area (Å²) in [5, 5.41) is 0.586. The topological polar surface area (TPSA) is 49.9 Å². The number of rotatable bonds is 6. The van der Waals surface area contributed by atoms with Gasteiger partial charge in [0.05, 0.1) is 11.6 Å². The lowest BCUT2D eigenvalue weighted by molar-refractivity contribution is -0.142. The molecule has 1 aliphatic heterocycles. The molecule has 1 aromatic carbocycles. The average Bonchev–Trinajstić information content (AvgIpc) is 2.72. The zero-order chi connectivity index (χ0) is 19.1. The van der Waals surface area contributed by atoms with Crippen molar-refractivity contribution in [3.05, 3.63) is 29.3 Å². The van der Waals surface area contributed by atoms with Crippen LogP contribution in [0.25, 0.3) is 0 Å². The maximum Gasteiger partial charge on any atom is 0.225 e. The third-order valence-electron chi connectivity index (χ3n) is 5.53. The van der Waals surface area contributed by atoms with E-state index < -0.39 is 0 Å². The zero-order valence-corrected chi connectivity index (χ0v) is 16.6. The van der Waals surface area contributed by atoms with Gasteiger partial charge in [0.15, 0.2) is 0 Å². The van der Waals surface area contributed by atoms with Crippen molar-refractivity contribution in [2.75, 3.05) is 32.8 Å². The standard InChI is InChI=1S/C21H29ClN2O3/c22-18-9-4-5-10-19(18)27-16-6-11-20(25)23-12-14-24(15-13-23)21(26)17-7-2-1-3-8-17/h4-5,9-10,17H,1-3,6-8,11-16H2. The number of hydrogen-bond acceptors (Lipinski definition) is 3. The number of amides is 2. The van der Waals surface area contributed by atoms with E-state index in [1.165, 1.54) is 19.3 Å². The molecule has 0 aromatic heterocycles. The highest BCUT2D eigenvalue weighted by molar-refractivity contribution is 6.32. The number of ether oxygens (including phenoxy) is 1. The third kappa shape index (κ3) is 5.61. The molecule has 3 rings (SSSR count). The van der Waals surface area contributed by atoms with Crippen LogP contribution in [0.4, 0.5) is 0 Å². The first-order chi connectivity index (χ1) is 13.1. The SMILES string of the molecule is O=C(CCCOc1ccccc1Cl)N1CCN(C(=O)C2CCCCC2)CC1. The molecule has 0 spiro atoms. The van der Waals surface area contributed by atoms with E-state index in [2.05, 4.69) is 0 Å². The molecule has 148 valence electrons. The van der Waals surface area contributed by atoms with Crippen LogP contribution < -0.4 is 4.74 Å². The Bertz CT molecular complexity index is 638. The maximum atomic E-state index is 12.6. The third-order valence-corrected chi connectivity index (χ3v) is 5.84. The summed E-state index contributed by atoms with van der Waals surface area (Å²) < 4.78 is 5.63. The summed E-state index contributed by atoms with van der Waals surface area (Å²) in [7, 11) is 0. The fourth-order valence-electron chi connectivity index (χ4n) is 3.91. The number of carbonyl (C=O) groups is 2. The second kappa shape index (κ2) is 9.98. The Labute approximate surface area is 166 Å². The van der Waals surface area contributed by atoms with Crippen molar-refractivity contribution in [2.24, 2.45) is 5.92 Å². The van der Waals surface area contributed by atoms with Crippen LogP contribution in [-0.2, 0) is 9.59 Å². The van der Waals surface area contributed by atoms with Gasteiger partial charge >= 0.3 is 0 Å². The lowest BCUT2D eigenvalue weighted by Gasteiger charge is -2.37. The number of benzene rings is 1. The molecule has 0 bridgehead atoms. The molecule has 1 saturated carbocycles. The molecule has 1 saturated heterocycles. The van der Waals surface area contributed by atoms with E-state index in [0.29, 0.717) is 62.3 Å². The van der Waals surface area contributed by atoms with E-state index in [0.717, 1.165) is 12.8 Å². The predicted molar refractivity (Wildman–Crippen MR) is 106 cm³/mol. The van der Waals surface area contributed by atoms with Crippen LogP contribution in [0.2, 0.25) is 5.02 Å². The molecular formula is C21H29ClN2O3. The first kappa shape index (κ1) is 20.0. The first-order valence-corrected chi connectivity index (χ1v) is 10.5. The molecule has 6 heteroatoms. The van der Waals surface area contributed by atoms with Gasteiger partial charge in [0.25, 0.3) is 0 Å². The normalized spacial score (nSPS) is 18.4. The molecule has 2 fully saturated rings. The molecule has 0 radical (unpaired) electrons. The minimum Gasteiger partial charge on any atom is -0.492 e. The molecule has 1 aromatic rings. The van der Waals surface area contributed by atoms with Crippen LogP contribution in [0.5, 0.6) is 5.75 Å². The first-order valence-electron chi connectivity index (χ1n) is 10.1. The van der Waals surface area contributed by atoms with Gasteiger partial charge in [-0.15, -0.1) is 0 Å². The number of para-hydroxylation sites is 1. The Morgan fingerprint density at radius 1 is 1.00 bits per heavy atom. The van der Waals surface area contributed by atoms with Gasteiger partial charge in [0.2, 0.25) is 11.8 Å². The van der Waals surface area contributed by atoms with Gasteiger partial charge in [-0.25, -0.2) is 0 Å². The second-order valence-electron chi connectivity index (χ2n) is 7.42. The van der Waals surface area contributed by atoms with Crippen LogP contribution in [0.1, 0.15) is 44.9 Å². The van der Waals surface area contributed by atoms with Crippen LogP contribution in [-0.4, -0.2) is 54.4 Å². The summed E-state index contributed by atoms with van der Waals surface area (Å²) >= 11 is 6.05. The summed E-state index contributed by atoms with van der Waals surface area (Å²) in [6.07, 6.45) is 6.78. The van der Waals surface area contributed by atoms with Crippen molar-refractivity contribution in [3.63, 3.8) is 0 Å². The Kier molecular flexibility index (Phi) is 7.39. The largest absolute Gasteiger partial charge is 0.492 e. The number of halogens is 1. The molecule has 5 nitrogen and oxygen atoms in total. The van der Waals surface area contributed by atoms with Crippen molar-refractivity contribution in [1.29, 1.82) is 0 Å². The van der Waals surface area contributed by atoms with Gasteiger partial charge in [0.1, 0.15) is 5.75 Å². The van der Waals surface area contributed by atoms with E-state index in [-0.39, 0.29) is 11.8 Å². The Morgan fingerprint density at radius 2 is 1.67 bits per heavy atom. The van der Waals surface area contributed by atoms with Crippen LogP contribution >= 0.6 is 11.6 Å². The lowest BCUT2D eigenvalue weighted by atomic mass is 9.88. The van der Waals surface area contributed by atoms with Gasteiger partial charge in [-0.1, -0.05) is 43.0 Å². The highest BCUT2D eigenvalue weighted by atomic mass is 35.5. The maximum absolute atomic E-state index is 12.6. The van der Waals surface area contributed by atoms with Gasteiger partial charge in [0, 0.05) is 38.5 Å². The summed E-state index contributed by atoms with van der Waals surface area (Å²) in [5.74, 6) is 1.31. The Hall–Kier alpha value is -1.75. The molecule has 27 heavy (non-hydrogen) atoms. The number of nitrogens with zero attached hydrogens (tertiary/aromatic N) is 2. The van der Waals surface area contributed by atoms with Crippen molar-refractivity contribution in [3.8, 4) is 5.75 Å². The van der Waals surface area contributed by atoms with E-state index in [9.17, 15) is 9.59 Å². The number of hydrogen-bond donors (Lipinski definition) is 0. The average molecular weight is 393 g/mol. The molecule has 0 atom stereocenters. The Balaban J connectivity index is 1.34. The smallest absolute Gasteiger partial charge is 0.225 e. The number of carbonyl (C=O) groups excluding carboxylic acids is 2. The monoisotopic (exact) mass is 392 g/mol. The quantitative estimate of drug-likeness (QED) is 0.693. The molecule has 2 aliphatic rings. The summed E-state index contributed by atoms with van der Waals surface area (Å²) in [5.41, 5.74) is 0. The van der Waals surface area contributed by atoms with Gasteiger partial charge in [-0.3, -0.25) is 9.59 Å². The van der Waals surface area contributed by atoms with E-state index in [4.69, 9.17) is 16.3 Å². The fourth-order valence-corrected chi connectivity index (χ4v) is 4.10. The highest BCUT2D eigenvalue weighted by Gasteiger charge is 2.29. The van der Waals surface area contributed by atoms with Gasteiger partial charge in [-0.05, 0) is 31.4 Å².